The van der Waals surface area contributed by atoms with Gasteiger partial charge in [-0.2, -0.15) is 0 Å². The molecule has 3 heteroatoms. The summed E-state index contributed by atoms with van der Waals surface area (Å²) in [6, 6.07) is 5.87. The van der Waals surface area contributed by atoms with E-state index in [-0.39, 0.29) is 0 Å². The van der Waals surface area contributed by atoms with Crippen LogP contribution in [0.2, 0.25) is 0 Å². The number of nitrogens with one attached hydrogen (secondary N) is 1. The Hall–Kier alpha value is -0.540. The van der Waals surface area contributed by atoms with Gasteiger partial charge in [-0.1, -0.05) is 43.1 Å². The topological polar surface area (TPSA) is 15.3 Å². The highest BCUT2D eigenvalue weighted by molar-refractivity contribution is 9.10. The van der Waals surface area contributed by atoms with Crippen molar-refractivity contribution in [2.24, 2.45) is 5.92 Å². The highest BCUT2D eigenvalue weighted by atomic mass is 79.9. The van der Waals surface area contributed by atoms with Gasteiger partial charge in [0.2, 0.25) is 0 Å². The molecule has 0 aliphatic carbocycles. The quantitative estimate of drug-likeness (QED) is 0.846. The summed E-state index contributed by atoms with van der Waals surface area (Å²) in [5.74, 6) is 0.725. The van der Waals surface area contributed by atoms with Crippen molar-refractivity contribution in [1.29, 1.82) is 0 Å². The Labute approximate surface area is 138 Å². The van der Waals surface area contributed by atoms with Gasteiger partial charge in [-0.05, 0) is 49.4 Å². The molecule has 0 spiro atoms. The molecule has 1 fully saturated rings. The Balaban J connectivity index is 2.29. The predicted octanol–water partition coefficient (Wildman–Crippen LogP) is 4.67. The molecule has 1 aliphatic rings. The van der Waals surface area contributed by atoms with Gasteiger partial charge in [-0.25, -0.2) is 0 Å². The van der Waals surface area contributed by atoms with Gasteiger partial charge in [0.05, 0.1) is 0 Å². The molecule has 21 heavy (non-hydrogen) atoms. The van der Waals surface area contributed by atoms with Gasteiger partial charge in [-0.15, -0.1) is 0 Å². The number of nitrogens with zero attached hydrogens (tertiary/aromatic N) is 1. The molecule has 1 saturated heterocycles. The number of aryl methyl sites for hydroxylation is 2. The summed E-state index contributed by atoms with van der Waals surface area (Å²) in [7, 11) is 0. The Bertz CT molecular complexity index is 463. The molecular formula is C18H29BrN2. The second-order valence-corrected chi connectivity index (χ2v) is 7.30. The molecule has 1 aromatic carbocycles. The van der Waals surface area contributed by atoms with E-state index in [4.69, 9.17) is 0 Å². The van der Waals surface area contributed by atoms with Crippen LogP contribution >= 0.6 is 15.9 Å². The van der Waals surface area contributed by atoms with Crippen molar-refractivity contribution < 1.29 is 0 Å². The van der Waals surface area contributed by atoms with Gasteiger partial charge in [0.15, 0.2) is 0 Å². The molecule has 1 heterocycles. The normalized spacial score (nSPS) is 24.2. The molecule has 1 N–H and O–H groups in total. The number of hydrogen-bond acceptors (Lipinski definition) is 2. The van der Waals surface area contributed by atoms with Crippen LogP contribution in [0.4, 0.5) is 5.69 Å². The molecule has 2 rings (SSSR count). The maximum Gasteiger partial charge on any atom is 0.0412 e. The molecule has 0 amide bonds. The SMILES string of the molecule is CCC(C)C1CN(c2cc(C)c(Br)c(C)c2)C(CC)CN1. The van der Waals surface area contributed by atoms with Gasteiger partial charge in [0.1, 0.15) is 0 Å². The zero-order chi connectivity index (χ0) is 15.6. The molecule has 1 aromatic rings. The maximum absolute atomic E-state index is 3.76. The van der Waals surface area contributed by atoms with Crippen molar-refractivity contribution in [1.82, 2.24) is 5.32 Å². The average Bonchev–Trinajstić information content (AvgIpc) is 2.50. The summed E-state index contributed by atoms with van der Waals surface area (Å²) in [5, 5.41) is 3.76. The molecule has 1 aliphatic heterocycles. The summed E-state index contributed by atoms with van der Waals surface area (Å²) >= 11 is 3.68. The van der Waals surface area contributed by atoms with Crippen LogP contribution in [0.5, 0.6) is 0 Å². The Morgan fingerprint density at radius 1 is 1.29 bits per heavy atom. The fourth-order valence-corrected chi connectivity index (χ4v) is 3.49. The van der Waals surface area contributed by atoms with Crippen LogP contribution in [0.3, 0.4) is 0 Å². The maximum atomic E-state index is 3.76. The van der Waals surface area contributed by atoms with Gasteiger partial charge in [0, 0.05) is 35.3 Å². The molecule has 3 unspecified atom stereocenters. The van der Waals surface area contributed by atoms with E-state index in [0.29, 0.717) is 12.1 Å². The largest absolute Gasteiger partial charge is 0.366 e. The van der Waals surface area contributed by atoms with E-state index in [2.05, 4.69) is 72.9 Å². The molecule has 118 valence electrons. The van der Waals surface area contributed by atoms with Crippen LogP contribution in [0, 0.1) is 19.8 Å². The Morgan fingerprint density at radius 2 is 1.90 bits per heavy atom. The molecule has 2 nitrogen and oxygen atoms in total. The average molecular weight is 353 g/mol. The first-order valence-electron chi connectivity index (χ1n) is 8.24. The summed E-state index contributed by atoms with van der Waals surface area (Å²) in [6.07, 6.45) is 2.43. The lowest BCUT2D eigenvalue weighted by molar-refractivity contribution is 0.306. The zero-order valence-corrected chi connectivity index (χ0v) is 15.6. The molecule has 3 atom stereocenters. The van der Waals surface area contributed by atoms with Crippen LogP contribution in [0.15, 0.2) is 16.6 Å². The van der Waals surface area contributed by atoms with E-state index in [1.165, 1.54) is 34.1 Å². The first-order chi connectivity index (χ1) is 9.97. The fraction of sp³-hybridized carbons (Fsp3) is 0.667. The fourth-order valence-electron chi connectivity index (χ4n) is 3.26. The first kappa shape index (κ1) is 16.8. The minimum atomic E-state index is 0.599. The second-order valence-electron chi connectivity index (χ2n) is 6.51. The van der Waals surface area contributed by atoms with Crippen molar-refractivity contribution in [3.63, 3.8) is 0 Å². The van der Waals surface area contributed by atoms with Crippen LogP contribution in [-0.2, 0) is 0 Å². The Morgan fingerprint density at radius 3 is 2.43 bits per heavy atom. The van der Waals surface area contributed by atoms with E-state index in [1.54, 1.807) is 0 Å². The van der Waals surface area contributed by atoms with Gasteiger partial charge >= 0.3 is 0 Å². The minimum absolute atomic E-state index is 0.599. The van der Waals surface area contributed by atoms with Gasteiger partial charge in [0.25, 0.3) is 0 Å². The van der Waals surface area contributed by atoms with E-state index in [1.807, 2.05) is 0 Å². The molecule has 0 radical (unpaired) electrons. The molecule has 0 saturated carbocycles. The zero-order valence-electron chi connectivity index (χ0n) is 14.0. The van der Waals surface area contributed by atoms with Crippen LogP contribution in [-0.4, -0.2) is 25.2 Å². The third-order valence-corrected chi connectivity index (χ3v) is 6.26. The lowest BCUT2D eigenvalue weighted by Crippen LogP contribution is -2.58. The van der Waals surface area contributed by atoms with Crippen LogP contribution < -0.4 is 10.2 Å². The highest BCUT2D eigenvalue weighted by Crippen LogP contribution is 2.30. The van der Waals surface area contributed by atoms with Crippen LogP contribution in [0.25, 0.3) is 0 Å². The lowest BCUT2D eigenvalue weighted by Gasteiger charge is -2.44. The molecule has 0 bridgehead atoms. The third kappa shape index (κ3) is 3.62. The van der Waals surface area contributed by atoms with Crippen molar-refractivity contribution in [3.05, 3.63) is 27.7 Å². The van der Waals surface area contributed by atoms with E-state index >= 15 is 0 Å². The van der Waals surface area contributed by atoms with Crippen molar-refractivity contribution in [2.45, 2.75) is 59.5 Å². The van der Waals surface area contributed by atoms with Gasteiger partial charge in [-0.3, -0.25) is 0 Å². The predicted molar refractivity (Wildman–Crippen MR) is 96.3 cm³/mol. The van der Waals surface area contributed by atoms with E-state index in [9.17, 15) is 0 Å². The molecule has 0 aromatic heterocycles. The van der Waals surface area contributed by atoms with Gasteiger partial charge < -0.3 is 10.2 Å². The van der Waals surface area contributed by atoms with Crippen LogP contribution in [0.1, 0.15) is 44.7 Å². The van der Waals surface area contributed by atoms with E-state index < -0.39 is 0 Å². The standard InChI is InChI=1S/C18H29BrN2/c1-6-12(3)17-11-21(15(7-2)10-20-17)16-8-13(4)18(19)14(5)9-16/h8-9,12,15,17,20H,6-7,10-11H2,1-5H3. The summed E-state index contributed by atoms with van der Waals surface area (Å²) < 4.78 is 1.24. The summed E-state index contributed by atoms with van der Waals surface area (Å²) in [4.78, 5) is 2.62. The van der Waals surface area contributed by atoms with Crippen molar-refractivity contribution >= 4 is 21.6 Å². The van der Waals surface area contributed by atoms with E-state index in [0.717, 1.165) is 19.0 Å². The lowest BCUT2D eigenvalue weighted by atomic mass is 9.94. The number of halogens is 1. The number of anilines is 1. The monoisotopic (exact) mass is 352 g/mol. The van der Waals surface area contributed by atoms with Crippen molar-refractivity contribution in [2.75, 3.05) is 18.0 Å². The number of hydrogen-bond donors (Lipinski definition) is 1. The smallest absolute Gasteiger partial charge is 0.0412 e. The second kappa shape index (κ2) is 7.15. The summed E-state index contributed by atoms with van der Waals surface area (Å²) in [6.45, 7) is 13.5. The number of piperazine rings is 1. The molecular weight excluding hydrogens is 324 g/mol. The van der Waals surface area contributed by atoms with Crippen molar-refractivity contribution in [3.8, 4) is 0 Å². The highest BCUT2D eigenvalue weighted by Gasteiger charge is 2.29. The number of rotatable bonds is 4. The minimum Gasteiger partial charge on any atom is -0.366 e. The first-order valence-corrected chi connectivity index (χ1v) is 9.03. The third-order valence-electron chi connectivity index (χ3n) is 5.00. The number of benzene rings is 1. The summed E-state index contributed by atoms with van der Waals surface area (Å²) in [5.41, 5.74) is 4.05. The Kier molecular flexibility index (Phi) is 5.73.